The lowest BCUT2D eigenvalue weighted by Crippen LogP contribution is -2.12. The van der Waals surface area contributed by atoms with Gasteiger partial charge in [0.25, 0.3) is 5.91 Å². The van der Waals surface area contributed by atoms with E-state index in [0.29, 0.717) is 10.7 Å². The molecule has 142 valence electrons. The standard InChI is InChI=1S/C22H22N4OS/c1-5-18-15(4)26-11-17(8-9-20(26)23-18)21(27)25-22-24-19(12-28-22)16-7-6-13(2)14(3)10-16/h6-12H,5H2,1-4H3,(H,24,25,27). The molecule has 0 bridgehead atoms. The molecule has 0 unspecified atom stereocenters. The van der Waals surface area contributed by atoms with Crippen LogP contribution in [-0.2, 0) is 6.42 Å². The van der Waals surface area contributed by atoms with Crippen LogP contribution in [0.5, 0.6) is 0 Å². The van der Waals surface area contributed by atoms with E-state index in [0.717, 1.165) is 34.7 Å². The summed E-state index contributed by atoms with van der Waals surface area (Å²) in [6.07, 6.45) is 2.71. The molecule has 3 heterocycles. The van der Waals surface area contributed by atoms with Crippen LogP contribution >= 0.6 is 11.3 Å². The molecule has 4 rings (SSSR count). The van der Waals surface area contributed by atoms with Crippen molar-refractivity contribution in [1.29, 1.82) is 0 Å². The van der Waals surface area contributed by atoms with Crippen LogP contribution in [0.4, 0.5) is 5.13 Å². The number of nitrogens with one attached hydrogen (secondary N) is 1. The van der Waals surface area contributed by atoms with Crippen molar-refractivity contribution in [3.63, 3.8) is 0 Å². The summed E-state index contributed by atoms with van der Waals surface area (Å²) < 4.78 is 1.97. The predicted octanol–water partition coefficient (Wildman–Crippen LogP) is 5.20. The van der Waals surface area contributed by atoms with Crippen LogP contribution in [0, 0.1) is 20.8 Å². The Labute approximate surface area is 168 Å². The lowest BCUT2D eigenvalue weighted by Gasteiger charge is -2.04. The molecule has 3 aromatic heterocycles. The van der Waals surface area contributed by atoms with Crippen LogP contribution < -0.4 is 5.32 Å². The molecule has 0 atom stereocenters. The number of anilines is 1. The Hall–Kier alpha value is -2.99. The number of aromatic nitrogens is 3. The van der Waals surface area contributed by atoms with Gasteiger partial charge in [-0.2, -0.15) is 0 Å². The summed E-state index contributed by atoms with van der Waals surface area (Å²) in [5.74, 6) is -0.172. The van der Waals surface area contributed by atoms with Crippen molar-refractivity contribution >= 4 is 28.0 Å². The summed E-state index contributed by atoms with van der Waals surface area (Å²) in [5, 5.41) is 5.48. The number of imidazole rings is 1. The van der Waals surface area contributed by atoms with Crippen molar-refractivity contribution < 1.29 is 4.79 Å². The van der Waals surface area contributed by atoms with Gasteiger partial charge < -0.3 is 4.40 Å². The predicted molar refractivity (Wildman–Crippen MR) is 114 cm³/mol. The first-order valence-corrected chi connectivity index (χ1v) is 10.2. The molecule has 0 radical (unpaired) electrons. The molecule has 0 aliphatic rings. The van der Waals surface area contributed by atoms with Gasteiger partial charge >= 0.3 is 0 Å². The number of benzene rings is 1. The quantitative estimate of drug-likeness (QED) is 0.521. The minimum atomic E-state index is -0.172. The lowest BCUT2D eigenvalue weighted by atomic mass is 10.1. The van der Waals surface area contributed by atoms with E-state index in [2.05, 4.69) is 54.3 Å². The average molecular weight is 391 g/mol. The zero-order valence-electron chi connectivity index (χ0n) is 16.4. The number of carbonyl (C=O) groups is 1. The van der Waals surface area contributed by atoms with Crippen LogP contribution in [0.25, 0.3) is 16.9 Å². The number of fused-ring (bicyclic) bond motifs is 1. The van der Waals surface area contributed by atoms with Gasteiger partial charge in [-0.1, -0.05) is 19.1 Å². The summed E-state index contributed by atoms with van der Waals surface area (Å²) in [4.78, 5) is 21.9. The van der Waals surface area contributed by atoms with Gasteiger partial charge in [-0.05, 0) is 56.5 Å². The molecule has 28 heavy (non-hydrogen) atoms. The highest BCUT2D eigenvalue weighted by Gasteiger charge is 2.13. The van der Waals surface area contributed by atoms with E-state index in [9.17, 15) is 4.79 Å². The van der Waals surface area contributed by atoms with Crippen molar-refractivity contribution in [2.75, 3.05) is 5.32 Å². The third kappa shape index (κ3) is 3.31. The zero-order chi connectivity index (χ0) is 19.8. The molecule has 1 aromatic carbocycles. The molecule has 0 aliphatic heterocycles. The van der Waals surface area contributed by atoms with Gasteiger partial charge in [-0.15, -0.1) is 11.3 Å². The van der Waals surface area contributed by atoms with Crippen LogP contribution in [0.2, 0.25) is 0 Å². The number of carbonyl (C=O) groups excluding carboxylic acids is 1. The van der Waals surface area contributed by atoms with Crippen molar-refractivity contribution in [3.05, 3.63) is 70.0 Å². The third-order valence-electron chi connectivity index (χ3n) is 5.08. The molecule has 0 saturated carbocycles. The fourth-order valence-corrected chi connectivity index (χ4v) is 3.93. The van der Waals surface area contributed by atoms with E-state index in [1.165, 1.54) is 22.5 Å². The number of thiazole rings is 1. The molecule has 0 saturated heterocycles. The van der Waals surface area contributed by atoms with Crippen LogP contribution in [0.15, 0.2) is 41.9 Å². The van der Waals surface area contributed by atoms with E-state index < -0.39 is 0 Å². The first kappa shape index (κ1) is 18.4. The second-order valence-electron chi connectivity index (χ2n) is 6.93. The summed E-state index contributed by atoms with van der Waals surface area (Å²) in [6, 6.07) is 9.95. The van der Waals surface area contributed by atoms with Crippen LogP contribution in [0.3, 0.4) is 0 Å². The average Bonchev–Trinajstić information content (AvgIpc) is 3.28. The first-order valence-electron chi connectivity index (χ1n) is 9.28. The molecule has 5 nitrogen and oxygen atoms in total. The van der Waals surface area contributed by atoms with Crippen molar-refractivity contribution in [2.45, 2.75) is 34.1 Å². The van der Waals surface area contributed by atoms with Gasteiger partial charge in [0.05, 0.1) is 17.0 Å². The number of aryl methyl sites for hydroxylation is 4. The molecular formula is C22H22N4OS. The highest BCUT2D eigenvalue weighted by Crippen LogP contribution is 2.27. The Morgan fingerprint density at radius 1 is 1.11 bits per heavy atom. The van der Waals surface area contributed by atoms with E-state index in [-0.39, 0.29) is 5.91 Å². The Kier molecular flexibility index (Phi) is 4.73. The Morgan fingerprint density at radius 3 is 2.68 bits per heavy atom. The minimum Gasteiger partial charge on any atom is -0.303 e. The van der Waals surface area contributed by atoms with Crippen LogP contribution in [-0.4, -0.2) is 20.3 Å². The van der Waals surface area contributed by atoms with Gasteiger partial charge in [0.15, 0.2) is 5.13 Å². The van der Waals surface area contributed by atoms with Crippen LogP contribution in [0.1, 0.15) is 39.8 Å². The largest absolute Gasteiger partial charge is 0.303 e. The molecule has 1 N–H and O–H groups in total. The SMILES string of the molecule is CCc1nc2ccc(C(=O)Nc3nc(-c4ccc(C)c(C)c4)cs3)cn2c1C. The topological polar surface area (TPSA) is 59.3 Å². The summed E-state index contributed by atoms with van der Waals surface area (Å²) >= 11 is 1.43. The number of pyridine rings is 1. The number of amides is 1. The second kappa shape index (κ2) is 7.20. The third-order valence-corrected chi connectivity index (χ3v) is 5.84. The van der Waals surface area contributed by atoms with Gasteiger partial charge in [-0.3, -0.25) is 10.1 Å². The first-order chi connectivity index (χ1) is 13.5. The summed E-state index contributed by atoms with van der Waals surface area (Å²) in [6.45, 7) is 8.29. The van der Waals surface area contributed by atoms with E-state index in [4.69, 9.17) is 0 Å². The lowest BCUT2D eigenvalue weighted by molar-refractivity contribution is 0.102. The number of rotatable bonds is 4. The maximum Gasteiger partial charge on any atom is 0.258 e. The molecule has 1 amide bonds. The molecule has 0 spiro atoms. The highest BCUT2D eigenvalue weighted by atomic mass is 32.1. The normalized spacial score (nSPS) is 11.1. The fourth-order valence-electron chi connectivity index (χ4n) is 3.21. The molecule has 6 heteroatoms. The number of hydrogen-bond acceptors (Lipinski definition) is 4. The Morgan fingerprint density at radius 2 is 1.93 bits per heavy atom. The highest BCUT2D eigenvalue weighted by molar-refractivity contribution is 7.14. The van der Waals surface area contributed by atoms with Gasteiger partial charge in [-0.25, -0.2) is 9.97 Å². The van der Waals surface area contributed by atoms with Crippen molar-refractivity contribution in [3.8, 4) is 11.3 Å². The maximum atomic E-state index is 12.7. The molecule has 0 fully saturated rings. The van der Waals surface area contributed by atoms with E-state index in [1.807, 2.05) is 29.0 Å². The number of hydrogen-bond donors (Lipinski definition) is 1. The minimum absolute atomic E-state index is 0.172. The molecule has 4 aromatic rings. The smallest absolute Gasteiger partial charge is 0.258 e. The summed E-state index contributed by atoms with van der Waals surface area (Å²) in [5.41, 5.74) is 7.97. The van der Waals surface area contributed by atoms with E-state index >= 15 is 0 Å². The Balaban J connectivity index is 1.57. The van der Waals surface area contributed by atoms with Gasteiger partial charge in [0, 0.05) is 22.8 Å². The van der Waals surface area contributed by atoms with E-state index in [1.54, 1.807) is 6.07 Å². The fraction of sp³-hybridized carbons (Fsp3) is 0.227. The van der Waals surface area contributed by atoms with Crippen molar-refractivity contribution in [2.24, 2.45) is 0 Å². The molecular weight excluding hydrogens is 368 g/mol. The van der Waals surface area contributed by atoms with Gasteiger partial charge in [0.1, 0.15) is 5.65 Å². The summed E-state index contributed by atoms with van der Waals surface area (Å²) in [7, 11) is 0. The van der Waals surface area contributed by atoms with Crippen molar-refractivity contribution in [1.82, 2.24) is 14.4 Å². The molecule has 0 aliphatic carbocycles. The number of nitrogens with zero attached hydrogens (tertiary/aromatic N) is 3. The maximum absolute atomic E-state index is 12.7. The second-order valence-corrected chi connectivity index (χ2v) is 7.79. The zero-order valence-corrected chi connectivity index (χ0v) is 17.2. The monoisotopic (exact) mass is 390 g/mol. The Bertz CT molecular complexity index is 1190. The van der Waals surface area contributed by atoms with Gasteiger partial charge in [0.2, 0.25) is 0 Å².